The molecule has 0 bridgehead atoms. The van der Waals surface area contributed by atoms with Crippen molar-refractivity contribution >= 4 is 28.5 Å². The Kier molecular flexibility index (Phi) is 1.98. The molecule has 3 heterocycles. The zero-order valence-corrected chi connectivity index (χ0v) is 9.07. The number of aromatic nitrogens is 2. The summed E-state index contributed by atoms with van der Waals surface area (Å²) in [4.78, 5) is 18.9. The van der Waals surface area contributed by atoms with Gasteiger partial charge in [-0.3, -0.25) is 10.1 Å². The van der Waals surface area contributed by atoms with E-state index in [-0.39, 0.29) is 5.82 Å². The van der Waals surface area contributed by atoms with Crippen LogP contribution in [0, 0.1) is 0 Å². The fraction of sp³-hybridized carbons (Fsp3) is 0.182. The second-order valence-electron chi connectivity index (χ2n) is 3.73. The van der Waals surface area contributed by atoms with Crippen molar-refractivity contribution in [3.8, 4) is 0 Å². The van der Waals surface area contributed by atoms with Gasteiger partial charge in [0.25, 0.3) is 11.6 Å². The Morgan fingerprint density at radius 3 is 3.06 bits per heavy atom. The Morgan fingerprint density at radius 2 is 2.29 bits per heavy atom. The molecule has 3 rings (SSSR count). The maximum Gasteiger partial charge on any atom is 0.290 e. The van der Waals surface area contributed by atoms with Gasteiger partial charge in [0.15, 0.2) is 0 Å². The molecule has 0 fully saturated rings. The summed E-state index contributed by atoms with van der Waals surface area (Å²) in [7, 11) is 0. The number of rotatable bonds is 1. The standard InChI is InChI=1S/C11H9FN4O/c1-2-16-5-6-3-4-7(17)13-9-8(6)10(16)15-11(12)14-9/h3-5H,2H2,1H3,(H,13,14,15,17). The van der Waals surface area contributed by atoms with E-state index in [1.165, 1.54) is 6.07 Å². The van der Waals surface area contributed by atoms with Crippen LogP contribution in [0.1, 0.15) is 6.92 Å². The van der Waals surface area contributed by atoms with E-state index < -0.39 is 11.6 Å². The lowest BCUT2D eigenvalue weighted by Gasteiger charge is -2.09. The molecule has 6 heteroatoms. The van der Waals surface area contributed by atoms with Gasteiger partial charge in [-0.2, -0.15) is 14.4 Å². The highest BCUT2D eigenvalue weighted by atomic mass is 19.1. The van der Waals surface area contributed by atoms with Crippen LogP contribution in [0.2, 0.25) is 0 Å². The lowest BCUT2D eigenvalue weighted by Crippen LogP contribution is -2.13. The van der Waals surface area contributed by atoms with Crippen LogP contribution in [0.15, 0.2) is 28.1 Å². The van der Waals surface area contributed by atoms with Gasteiger partial charge in [-0.1, -0.05) is 0 Å². The molecule has 0 saturated carbocycles. The SMILES string of the molecule is CCn1cc2ccc(=O)nc3c2c1N=C(F)N3. The van der Waals surface area contributed by atoms with Gasteiger partial charge in [-0.15, -0.1) is 0 Å². The van der Waals surface area contributed by atoms with E-state index in [1.807, 2.05) is 17.7 Å². The topological polar surface area (TPSA) is 59.3 Å². The van der Waals surface area contributed by atoms with Crippen molar-refractivity contribution in [1.29, 1.82) is 0 Å². The summed E-state index contributed by atoms with van der Waals surface area (Å²) in [5, 5.41) is 3.87. The summed E-state index contributed by atoms with van der Waals surface area (Å²) in [5.74, 6) is 0.724. The van der Waals surface area contributed by atoms with Crippen LogP contribution in [-0.2, 0) is 6.54 Å². The molecule has 0 unspecified atom stereocenters. The maximum atomic E-state index is 13.3. The van der Waals surface area contributed by atoms with Gasteiger partial charge in [0, 0.05) is 24.2 Å². The number of hydrogen-bond donors (Lipinski definition) is 1. The second-order valence-corrected chi connectivity index (χ2v) is 3.73. The van der Waals surface area contributed by atoms with E-state index in [0.29, 0.717) is 17.7 Å². The summed E-state index contributed by atoms with van der Waals surface area (Å²) >= 11 is 0. The average Bonchev–Trinajstić information content (AvgIpc) is 2.55. The molecule has 0 radical (unpaired) electrons. The van der Waals surface area contributed by atoms with E-state index in [0.717, 1.165) is 5.39 Å². The molecule has 17 heavy (non-hydrogen) atoms. The van der Waals surface area contributed by atoms with E-state index in [1.54, 1.807) is 6.07 Å². The fourth-order valence-corrected chi connectivity index (χ4v) is 1.97. The highest BCUT2D eigenvalue weighted by Crippen LogP contribution is 2.35. The fourth-order valence-electron chi connectivity index (χ4n) is 1.97. The number of nitrogens with zero attached hydrogens (tertiary/aromatic N) is 3. The molecule has 0 saturated heterocycles. The van der Waals surface area contributed by atoms with Gasteiger partial charge in [-0.25, -0.2) is 0 Å². The number of hydrogen-bond acceptors (Lipinski definition) is 4. The first kappa shape index (κ1) is 9.95. The van der Waals surface area contributed by atoms with Crippen LogP contribution in [0.25, 0.3) is 10.8 Å². The minimum Gasteiger partial charge on any atom is -0.332 e. The molecule has 2 aromatic heterocycles. The summed E-state index contributed by atoms with van der Waals surface area (Å²) in [6.45, 7) is 2.62. The number of nitrogens with one attached hydrogen (secondary N) is 1. The van der Waals surface area contributed by atoms with Crippen molar-refractivity contribution < 1.29 is 4.39 Å². The van der Waals surface area contributed by atoms with Crippen LogP contribution in [0.4, 0.5) is 16.0 Å². The molecule has 2 aromatic rings. The zero-order valence-electron chi connectivity index (χ0n) is 9.07. The predicted molar refractivity (Wildman–Crippen MR) is 63.5 cm³/mol. The molecule has 1 aliphatic heterocycles. The van der Waals surface area contributed by atoms with Crippen LogP contribution >= 0.6 is 0 Å². The zero-order chi connectivity index (χ0) is 12.0. The maximum absolute atomic E-state index is 13.3. The van der Waals surface area contributed by atoms with Crippen molar-refractivity contribution in [2.45, 2.75) is 13.5 Å². The molecule has 0 atom stereocenters. The highest BCUT2D eigenvalue weighted by Gasteiger charge is 2.19. The van der Waals surface area contributed by atoms with Crippen molar-refractivity contribution in [1.82, 2.24) is 9.55 Å². The van der Waals surface area contributed by atoms with Crippen molar-refractivity contribution in [2.75, 3.05) is 5.32 Å². The number of anilines is 1. The van der Waals surface area contributed by atoms with E-state index >= 15 is 0 Å². The summed E-state index contributed by atoms with van der Waals surface area (Å²) in [6, 6.07) is 3.03. The molecule has 0 spiro atoms. The van der Waals surface area contributed by atoms with E-state index in [4.69, 9.17) is 0 Å². The predicted octanol–water partition coefficient (Wildman–Crippen LogP) is 1.80. The van der Waals surface area contributed by atoms with Crippen molar-refractivity contribution in [3.05, 3.63) is 28.7 Å². The Morgan fingerprint density at radius 1 is 1.47 bits per heavy atom. The lowest BCUT2D eigenvalue weighted by atomic mass is 10.2. The Labute approximate surface area is 95.6 Å². The van der Waals surface area contributed by atoms with Gasteiger partial charge in [0.05, 0.1) is 5.39 Å². The summed E-state index contributed by atoms with van der Waals surface area (Å²) in [6.07, 6.45) is 1.09. The first-order valence-electron chi connectivity index (χ1n) is 5.24. The normalized spacial score (nSPS) is 13.4. The second kappa shape index (κ2) is 3.38. The van der Waals surface area contributed by atoms with Gasteiger partial charge in [0.1, 0.15) is 11.6 Å². The monoisotopic (exact) mass is 232 g/mol. The molecule has 86 valence electrons. The highest BCUT2D eigenvalue weighted by molar-refractivity contribution is 6.09. The van der Waals surface area contributed by atoms with Crippen LogP contribution in [0.5, 0.6) is 0 Å². The smallest absolute Gasteiger partial charge is 0.290 e. The number of amidine groups is 1. The summed E-state index contributed by atoms with van der Waals surface area (Å²) < 4.78 is 15.1. The van der Waals surface area contributed by atoms with Crippen LogP contribution in [-0.4, -0.2) is 15.6 Å². The number of halogens is 1. The van der Waals surface area contributed by atoms with Gasteiger partial charge >= 0.3 is 0 Å². The minimum atomic E-state index is -0.745. The third-order valence-corrected chi connectivity index (χ3v) is 2.71. The van der Waals surface area contributed by atoms with Crippen molar-refractivity contribution in [3.63, 3.8) is 0 Å². The van der Waals surface area contributed by atoms with Gasteiger partial charge < -0.3 is 4.57 Å². The van der Waals surface area contributed by atoms with E-state index in [9.17, 15) is 9.18 Å². The molecule has 0 amide bonds. The average molecular weight is 232 g/mol. The molecule has 0 aliphatic carbocycles. The minimum absolute atomic E-state index is 0.227. The van der Waals surface area contributed by atoms with Gasteiger partial charge in [0.2, 0.25) is 0 Å². The Balaban J connectivity index is 2.51. The van der Waals surface area contributed by atoms with Crippen LogP contribution < -0.4 is 10.9 Å². The van der Waals surface area contributed by atoms with Crippen LogP contribution in [0.3, 0.4) is 0 Å². The third-order valence-electron chi connectivity index (χ3n) is 2.71. The third kappa shape index (κ3) is 1.41. The largest absolute Gasteiger partial charge is 0.332 e. The molecular weight excluding hydrogens is 223 g/mol. The van der Waals surface area contributed by atoms with E-state index in [2.05, 4.69) is 15.3 Å². The first-order chi connectivity index (χ1) is 8.19. The number of aliphatic imine (C=N–C) groups is 1. The lowest BCUT2D eigenvalue weighted by molar-refractivity contribution is 0.758. The molecule has 0 aromatic carbocycles. The molecule has 5 nitrogen and oxygen atoms in total. The Bertz CT molecular complexity index is 704. The quantitative estimate of drug-likeness (QED) is 0.762. The first-order valence-corrected chi connectivity index (χ1v) is 5.24. The molecular formula is C11H9FN4O. The molecule has 1 N–H and O–H groups in total. The van der Waals surface area contributed by atoms with Gasteiger partial charge in [-0.05, 0) is 13.0 Å². The molecule has 1 aliphatic rings. The van der Waals surface area contributed by atoms with Crippen molar-refractivity contribution in [2.24, 2.45) is 4.99 Å². The summed E-state index contributed by atoms with van der Waals surface area (Å²) in [5.41, 5.74) is -0.410. The number of aryl methyl sites for hydroxylation is 1. The Hall–Kier alpha value is -2.24.